The van der Waals surface area contributed by atoms with Crippen LogP contribution in [0.5, 0.6) is 0 Å². The van der Waals surface area contributed by atoms with E-state index in [0.29, 0.717) is 37.5 Å². The summed E-state index contributed by atoms with van der Waals surface area (Å²) < 4.78 is 11.4. The van der Waals surface area contributed by atoms with Gasteiger partial charge in [0.2, 0.25) is 0 Å². The van der Waals surface area contributed by atoms with Crippen LogP contribution in [0.25, 0.3) is 0 Å². The van der Waals surface area contributed by atoms with Gasteiger partial charge in [-0.25, -0.2) is 9.79 Å². The van der Waals surface area contributed by atoms with E-state index in [0.717, 1.165) is 67.9 Å². The van der Waals surface area contributed by atoms with Gasteiger partial charge in [-0.2, -0.15) is 0 Å². The summed E-state index contributed by atoms with van der Waals surface area (Å²) in [6, 6.07) is 17.4. The van der Waals surface area contributed by atoms with E-state index in [1.807, 2.05) is 67.6 Å². The predicted octanol–water partition coefficient (Wildman–Crippen LogP) is 7.23. The molecule has 0 aliphatic carbocycles. The molecule has 44 heavy (non-hydrogen) atoms. The Hall–Kier alpha value is -4.30. The lowest BCUT2D eigenvalue weighted by molar-refractivity contribution is -0.110. The van der Waals surface area contributed by atoms with Crippen LogP contribution in [0, 0.1) is 11.3 Å². The zero-order valence-corrected chi connectivity index (χ0v) is 25.5. The summed E-state index contributed by atoms with van der Waals surface area (Å²) in [6.45, 7) is 4.86. The second kappa shape index (κ2) is 15.4. The number of nitrogens with zero attached hydrogens (tertiary/aromatic N) is 2. The van der Waals surface area contributed by atoms with Crippen LogP contribution in [0.4, 0.5) is 10.5 Å². The molecular formula is C36H42N4O4. The van der Waals surface area contributed by atoms with E-state index in [1.165, 1.54) is 11.1 Å². The molecule has 1 atom stereocenters. The van der Waals surface area contributed by atoms with Gasteiger partial charge in [-0.3, -0.25) is 10.2 Å². The molecule has 3 aliphatic heterocycles. The number of amides is 2. The Labute approximate surface area is 260 Å². The average Bonchev–Trinajstić information content (AvgIpc) is 3.31. The Bertz CT molecular complexity index is 1450. The lowest BCUT2D eigenvalue weighted by atomic mass is 9.90. The molecule has 2 aromatic carbocycles. The number of rotatable bonds is 8. The van der Waals surface area contributed by atoms with Gasteiger partial charge in [0.05, 0.1) is 17.1 Å². The fourth-order valence-electron chi connectivity index (χ4n) is 5.75. The second-order valence-corrected chi connectivity index (χ2v) is 11.5. The Morgan fingerprint density at radius 2 is 1.93 bits per heavy atom. The van der Waals surface area contributed by atoms with Crippen molar-refractivity contribution in [3.05, 3.63) is 101 Å². The minimum atomic E-state index is -0.366. The molecule has 3 heterocycles. The van der Waals surface area contributed by atoms with Crippen molar-refractivity contribution in [2.75, 3.05) is 31.6 Å². The molecule has 1 fully saturated rings. The van der Waals surface area contributed by atoms with Crippen molar-refractivity contribution in [1.82, 2.24) is 4.90 Å². The van der Waals surface area contributed by atoms with Gasteiger partial charge < -0.3 is 19.7 Å². The van der Waals surface area contributed by atoms with Crippen molar-refractivity contribution in [2.24, 2.45) is 10.9 Å². The number of carbonyl (C=O) groups excluding carboxylic acids is 2. The maximum Gasteiger partial charge on any atom is 0.410 e. The highest BCUT2D eigenvalue weighted by molar-refractivity contribution is 6.41. The summed E-state index contributed by atoms with van der Waals surface area (Å²) in [7, 11) is 0. The van der Waals surface area contributed by atoms with Crippen LogP contribution in [-0.4, -0.2) is 54.6 Å². The summed E-state index contributed by atoms with van der Waals surface area (Å²) in [6.07, 6.45) is 11.9. The zero-order valence-electron chi connectivity index (χ0n) is 25.5. The monoisotopic (exact) mass is 594 g/mol. The molecule has 0 spiro atoms. The maximum absolute atomic E-state index is 13.0. The van der Waals surface area contributed by atoms with Gasteiger partial charge in [-0.05, 0) is 79.4 Å². The maximum atomic E-state index is 13.0. The van der Waals surface area contributed by atoms with Crippen LogP contribution in [0.15, 0.2) is 94.7 Å². The van der Waals surface area contributed by atoms with Crippen molar-refractivity contribution in [1.29, 1.82) is 5.41 Å². The summed E-state index contributed by atoms with van der Waals surface area (Å²) >= 11 is 0. The number of hydrogen-bond donors (Lipinski definition) is 2. The summed E-state index contributed by atoms with van der Waals surface area (Å²) in [5, 5.41) is 10.7. The Morgan fingerprint density at radius 3 is 2.73 bits per heavy atom. The summed E-state index contributed by atoms with van der Waals surface area (Å²) in [4.78, 5) is 32.3. The van der Waals surface area contributed by atoms with E-state index < -0.39 is 0 Å². The third-order valence-electron chi connectivity index (χ3n) is 8.20. The highest BCUT2D eigenvalue weighted by atomic mass is 16.6. The first kappa shape index (κ1) is 31.1. The minimum absolute atomic E-state index is 0.0854. The number of benzene rings is 2. The average molecular weight is 595 g/mol. The quantitative estimate of drug-likeness (QED) is 0.315. The number of anilines is 1. The van der Waals surface area contributed by atoms with Crippen molar-refractivity contribution >= 4 is 29.1 Å². The number of ether oxygens (including phenoxy) is 2. The molecular weight excluding hydrogens is 552 g/mol. The van der Waals surface area contributed by atoms with Gasteiger partial charge in [0.1, 0.15) is 6.61 Å². The molecule has 230 valence electrons. The summed E-state index contributed by atoms with van der Waals surface area (Å²) in [5.41, 5.74) is 6.89. The highest BCUT2D eigenvalue weighted by Gasteiger charge is 2.27. The third-order valence-corrected chi connectivity index (χ3v) is 8.20. The molecule has 2 amide bonds. The van der Waals surface area contributed by atoms with E-state index >= 15 is 0 Å². The summed E-state index contributed by atoms with van der Waals surface area (Å²) in [5.74, 6) is 0.00898. The van der Waals surface area contributed by atoms with E-state index in [2.05, 4.69) is 17.5 Å². The van der Waals surface area contributed by atoms with Crippen LogP contribution in [0.1, 0.15) is 63.0 Å². The second-order valence-electron chi connectivity index (χ2n) is 11.5. The van der Waals surface area contributed by atoms with Crippen LogP contribution >= 0.6 is 0 Å². The largest absolute Gasteiger partial charge is 0.445 e. The van der Waals surface area contributed by atoms with Crippen molar-refractivity contribution in [3.63, 3.8) is 0 Å². The van der Waals surface area contributed by atoms with Crippen LogP contribution in [-0.2, 0) is 20.9 Å². The predicted molar refractivity (Wildman–Crippen MR) is 174 cm³/mol. The minimum Gasteiger partial charge on any atom is -0.445 e. The molecule has 0 radical (unpaired) electrons. The first-order valence-corrected chi connectivity index (χ1v) is 15.7. The Kier molecular flexibility index (Phi) is 10.9. The van der Waals surface area contributed by atoms with Gasteiger partial charge in [-0.15, -0.1) is 0 Å². The van der Waals surface area contributed by atoms with Gasteiger partial charge in [0, 0.05) is 37.6 Å². The fourth-order valence-corrected chi connectivity index (χ4v) is 5.75. The standard InChI is InChI=1S/C36H42N4O4/c1-2-8-32(37)35(41)38-30-16-14-28(15-17-30)33-13-6-12-29-24-40(36(42)44-25-27-9-4-3-5-10-27)20-18-31(29)34(39-33)23-26-11-7-21-43-22-19-26/h3-6,9-10,13-17,23,26,37H,2,7-8,11-12,18-22,24-25H2,1H3,(H,38,41)/b13-6?,34-23+,37-32?,39-33?. The number of nitrogens with one attached hydrogen (secondary N) is 2. The highest BCUT2D eigenvalue weighted by Crippen LogP contribution is 2.33. The van der Waals surface area contributed by atoms with Gasteiger partial charge >= 0.3 is 6.09 Å². The molecule has 5 rings (SSSR count). The smallest absolute Gasteiger partial charge is 0.410 e. The van der Waals surface area contributed by atoms with Crippen LogP contribution in [0.3, 0.4) is 0 Å². The fraction of sp³-hybridized carbons (Fsp3) is 0.389. The molecule has 0 bridgehead atoms. The van der Waals surface area contributed by atoms with E-state index in [9.17, 15) is 9.59 Å². The van der Waals surface area contributed by atoms with E-state index in [4.69, 9.17) is 19.9 Å². The van der Waals surface area contributed by atoms with Gasteiger partial charge in [-0.1, -0.05) is 68.0 Å². The number of allylic oxidation sites excluding steroid dienone is 4. The molecule has 2 N–H and O–H groups in total. The van der Waals surface area contributed by atoms with Crippen molar-refractivity contribution < 1.29 is 19.1 Å². The first-order valence-electron chi connectivity index (χ1n) is 15.7. The number of aliphatic imine (C=N–C) groups is 1. The van der Waals surface area contributed by atoms with Gasteiger partial charge in [0.15, 0.2) is 0 Å². The van der Waals surface area contributed by atoms with Crippen molar-refractivity contribution in [2.45, 2.75) is 58.5 Å². The van der Waals surface area contributed by atoms with Crippen LogP contribution < -0.4 is 5.32 Å². The topological polar surface area (TPSA) is 104 Å². The first-order chi connectivity index (χ1) is 21.5. The van der Waals surface area contributed by atoms with E-state index in [-0.39, 0.29) is 24.3 Å². The molecule has 1 saturated heterocycles. The van der Waals surface area contributed by atoms with Gasteiger partial charge in [0.25, 0.3) is 5.91 Å². The number of hydrogen-bond acceptors (Lipinski definition) is 6. The molecule has 0 saturated carbocycles. The normalized spacial score (nSPS) is 19.8. The lowest BCUT2D eigenvalue weighted by Crippen LogP contribution is -2.37. The molecule has 8 nitrogen and oxygen atoms in total. The molecule has 2 aromatic rings. The molecule has 8 heteroatoms. The molecule has 3 aliphatic rings. The molecule has 0 aromatic heterocycles. The molecule has 1 unspecified atom stereocenters. The third kappa shape index (κ3) is 8.41. The van der Waals surface area contributed by atoms with Crippen molar-refractivity contribution in [3.8, 4) is 0 Å². The lowest BCUT2D eigenvalue weighted by Gasteiger charge is -2.31. The van der Waals surface area contributed by atoms with E-state index in [1.54, 1.807) is 4.90 Å². The van der Waals surface area contributed by atoms with Crippen LogP contribution in [0.2, 0.25) is 0 Å². The Balaban J connectivity index is 1.37. The zero-order chi connectivity index (χ0) is 30.7. The Morgan fingerprint density at radius 1 is 1.11 bits per heavy atom. The SMILES string of the molecule is CCCC(=N)C(=O)Nc1ccc(C2=N/C(=C/C3CCCOCC3)C3=C(CC=C2)CN(C(=O)OCc2ccccc2)CC3)cc1. The number of carbonyl (C=O) groups is 2.